The van der Waals surface area contributed by atoms with Gasteiger partial charge in [-0.25, -0.2) is 13.8 Å². The molecule has 6 heteroatoms. The third-order valence-electron chi connectivity index (χ3n) is 6.45. The first-order valence-electron chi connectivity index (χ1n) is 9.85. The normalized spacial score (nSPS) is 28.0. The van der Waals surface area contributed by atoms with Crippen molar-refractivity contribution in [1.82, 2.24) is 14.5 Å². The molecule has 4 atom stereocenters. The molecule has 0 unspecified atom stereocenters. The molecule has 0 amide bonds. The molecule has 0 bridgehead atoms. The minimum Gasteiger partial charge on any atom is -0.391 e. The molecule has 2 aliphatic rings. The Balaban J connectivity index is 1.34. The lowest BCUT2D eigenvalue weighted by Gasteiger charge is -2.36. The molecule has 1 aliphatic heterocycles. The SMILES string of the molecule is O[C@@H]1C[C@H]2CN(Cc3cccc(F)c3F)C[C@H]2C[C@H]1n1cnc2ccccc21. The van der Waals surface area contributed by atoms with Crippen molar-refractivity contribution in [3.05, 3.63) is 66.0 Å². The summed E-state index contributed by atoms with van der Waals surface area (Å²) in [5.41, 5.74) is 2.38. The number of likely N-dealkylation sites (tertiary alicyclic amines) is 1. The quantitative estimate of drug-likeness (QED) is 0.749. The number of nitrogens with zero attached hydrogens (tertiary/aromatic N) is 3. The fourth-order valence-electron chi connectivity index (χ4n) is 5.09. The number of aromatic nitrogens is 2. The molecular weight excluding hydrogens is 360 g/mol. The minimum atomic E-state index is -0.795. The third-order valence-corrected chi connectivity index (χ3v) is 6.45. The van der Waals surface area contributed by atoms with Crippen molar-refractivity contribution in [2.45, 2.75) is 31.5 Å². The number of aliphatic hydroxyl groups is 1. The van der Waals surface area contributed by atoms with Gasteiger partial charge >= 0.3 is 0 Å². The molecule has 1 aromatic heterocycles. The van der Waals surface area contributed by atoms with E-state index in [4.69, 9.17) is 0 Å². The molecule has 1 saturated carbocycles. The number of imidazole rings is 1. The largest absolute Gasteiger partial charge is 0.391 e. The lowest BCUT2D eigenvalue weighted by molar-refractivity contribution is 0.0374. The van der Waals surface area contributed by atoms with Crippen LogP contribution in [0.25, 0.3) is 11.0 Å². The molecule has 28 heavy (non-hydrogen) atoms. The third kappa shape index (κ3) is 3.01. The number of hydrogen-bond acceptors (Lipinski definition) is 3. The van der Waals surface area contributed by atoms with E-state index in [0.29, 0.717) is 23.9 Å². The molecule has 2 heterocycles. The van der Waals surface area contributed by atoms with Crippen molar-refractivity contribution >= 4 is 11.0 Å². The Bertz CT molecular complexity index is 1000. The van der Waals surface area contributed by atoms with Crippen molar-refractivity contribution in [3.63, 3.8) is 0 Å². The van der Waals surface area contributed by atoms with Crippen LogP contribution < -0.4 is 0 Å². The van der Waals surface area contributed by atoms with Gasteiger partial charge < -0.3 is 9.67 Å². The summed E-state index contributed by atoms with van der Waals surface area (Å²) in [6, 6.07) is 12.3. The average Bonchev–Trinajstić information content (AvgIpc) is 3.28. The summed E-state index contributed by atoms with van der Waals surface area (Å²) in [5.74, 6) is -0.722. The van der Waals surface area contributed by atoms with E-state index in [1.165, 1.54) is 0 Å². The first-order valence-corrected chi connectivity index (χ1v) is 9.85. The molecule has 2 fully saturated rings. The van der Waals surface area contributed by atoms with E-state index in [9.17, 15) is 13.9 Å². The highest BCUT2D eigenvalue weighted by Crippen LogP contribution is 2.42. The fourth-order valence-corrected chi connectivity index (χ4v) is 5.09. The van der Waals surface area contributed by atoms with E-state index in [1.807, 2.05) is 30.6 Å². The number of hydrogen-bond donors (Lipinski definition) is 1. The highest BCUT2D eigenvalue weighted by atomic mass is 19.2. The topological polar surface area (TPSA) is 41.3 Å². The molecule has 146 valence electrons. The van der Waals surface area contributed by atoms with Crippen molar-refractivity contribution in [2.75, 3.05) is 13.1 Å². The van der Waals surface area contributed by atoms with Crippen LogP contribution in [0.3, 0.4) is 0 Å². The zero-order chi connectivity index (χ0) is 19.3. The van der Waals surface area contributed by atoms with E-state index in [1.54, 1.807) is 12.1 Å². The molecule has 5 rings (SSSR count). The second-order valence-corrected chi connectivity index (χ2v) is 8.17. The fraction of sp³-hybridized carbons (Fsp3) is 0.409. The van der Waals surface area contributed by atoms with Crippen molar-refractivity contribution < 1.29 is 13.9 Å². The number of fused-ring (bicyclic) bond motifs is 2. The molecule has 1 N–H and O–H groups in total. The van der Waals surface area contributed by atoms with Crippen molar-refractivity contribution in [3.8, 4) is 0 Å². The van der Waals surface area contributed by atoms with Gasteiger partial charge in [0.15, 0.2) is 11.6 Å². The van der Waals surface area contributed by atoms with Gasteiger partial charge in [0.05, 0.1) is 29.5 Å². The van der Waals surface area contributed by atoms with Crippen LogP contribution in [-0.2, 0) is 6.54 Å². The Hall–Kier alpha value is -2.31. The maximum atomic E-state index is 14.0. The van der Waals surface area contributed by atoms with Crippen LogP contribution in [0.1, 0.15) is 24.4 Å². The van der Waals surface area contributed by atoms with Crippen LogP contribution in [0.15, 0.2) is 48.8 Å². The molecule has 4 nitrogen and oxygen atoms in total. The van der Waals surface area contributed by atoms with Crippen LogP contribution >= 0.6 is 0 Å². The first kappa shape index (κ1) is 17.8. The Morgan fingerprint density at radius 1 is 1.00 bits per heavy atom. The lowest BCUT2D eigenvalue weighted by Crippen LogP contribution is -2.36. The van der Waals surface area contributed by atoms with Crippen molar-refractivity contribution in [2.24, 2.45) is 11.8 Å². The molecule has 2 aromatic carbocycles. The van der Waals surface area contributed by atoms with E-state index in [0.717, 1.165) is 43.0 Å². The second kappa shape index (κ2) is 6.94. The van der Waals surface area contributed by atoms with Gasteiger partial charge in [-0.2, -0.15) is 0 Å². The highest BCUT2D eigenvalue weighted by molar-refractivity contribution is 5.75. The predicted octanol–water partition coefficient (Wildman–Crippen LogP) is 3.76. The van der Waals surface area contributed by atoms with Gasteiger partial charge in [-0.1, -0.05) is 24.3 Å². The lowest BCUT2D eigenvalue weighted by atomic mass is 9.77. The van der Waals surface area contributed by atoms with Crippen molar-refractivity contribution in [1.29, 1.82) is 0 Å². The maximum absolute atomic E-state index is 14.0. The summed E-state index contributed by atoms with van der Waals surface area (Å²) in [7, 11) is 0. The van der Waals surface area contributed by atoms with E-state index in [-0.39, 0.29) is 6.04 Å². The summed E-state index contributed by atoms with van der Waals surface area (Å²) in [6.45, 7) is 2.07. The zero-order valence-electron chi connectivity index (χ0n) is 15.5. The van der Waals surface area contributed by atoms with E-state index >= 15 is 0 Å². The smallest absolute Gasteiger partial charge is 0.163 e. The second-order valence-electron chi connectivity index (χ2n) is 8.17. The van der Waals surface area contributed by atoms with Gasteiger partial charge in [0.25, 0.3) is 0 Å². The van der Waals surface area contributed by atoms with Gasteiger partial charge in [-0.05, 0) is 42.9 Å². The zero-order valence-corrected chi connectivity index (χ0v) is 15.5. The van der Waals surface area contributed by atoms with Crippen LogP contribution in [-0.4, -0.2) is 38.8 Å². The Morgan fingerprint density at radius 3 is 2.64 bits per heavy atom. The van der Waals surface area contributed by atoms with E-state index in [2.05, 4.69) is 14.5 Å². The summed E-state index contributed by atoms with van der Waals surface area (Å²) in [6.07, 6.45) is 3.00. The first-order chi connectivity index (χ1) is 13.6. The summed E-state index contributed by atoms with van der Waals surface area (Å²) in [4.78, 5) is 6.66. The summed E-state index contributed by atoms with van der Waals surface area (Å²) in [5, 5.41) is 10.8. The predicted molar refractivity (Wildman–Crippen MR) is 103 cm³/mol. The number of halogens is 2. The van der Waals surface area contributed by atoms with E-state index < -0.39 is 17.7 Å². The molecule has 1 saturated heterocycles. The number of benzene rings is 2. The summed E-state index contributed by atoms with van der Waals surface area (Å²) < 4.78 is 29.6. The molecule has 3 aromatic rings. The standard InChI is InChI=1S/C22H23F2N3O/c23-17-5-3-4-14(22(17)24)10-26-11-15-8-20(21(28)9-16(15)12-26)27-13-25-18-6-1-2-7-19(18)27/h1-7,13,15-16,20-21,28H,8-12H2/t15-,16+,20-,21-/m1/s1. The average molecular weight is 383 g/mol. The van der Waals surface area contributed by atoms with Crippen LogP contribution in [0.4, 0.5) is 8.78 Å². The van der Waals surface area contributed by atoms with Crippen LogP contribution in [0, 0.1) is 23.5 Å². The van der Waals surface area contributed by atoms with Gasteiger partial charge in [-0.3, -0.25) is 4.90 Å². The Kier molecular flexibility index (Phi) is 4.40. The number of aliphatic hydroxyl groups excluding tert-OH is 1. The summed E-state index contributed by atoms with van der Waals surface area (Å²) >= 11 is 0. The molecule has 0 spiro atoms. The van der Waals surface area contributed by atoms with Gasteiger partial charge in [-0.15, -0.1) is 0 Å². The minimum absolute atomic E-state index is 0.000458. The van der Waals surface area contributed by atoms with Crippen LogP contribution in [0.2, 0.25) is 0 Å². The highest BCUT2D eigenvalue weighted by Gasteiger charge is 2.42. The van der Waals surface area contributed by atoms with Gasteiger partial charge in [0.2, 0.25) is 0 Å². The molecule has 1 aliphatic carbocycles. The van der Waals surface area contributed by atoms with Gasteiger partial charge in [0, 0.05) is 25.2 Å². The molecular formula is C22H23F2N3O. The Morgan fingerprint density at radius 2 is 1.79 bits per heavy atom. The van der Waals surface area contributed by atoms with Gasteiger partial charge in [0.1, 0.15) is 0 Å². The monoisotopic (exact) mass is 383 g/mol. The molecule has 0 radical (unpaired) electrons. The number of rotatable bonds is 3. The Labute approximate surface area is 162 Å². The van der Waals surface area contributed by atoms with Crippen LogP contribution in [0.5, 0.6) is 0 Å². The maximum Gasteiger partial charge on any atom is 0.163 e. The number of para-hydroxylation sites is 2.